The highest BCUT2D eigenvalue weighted by atomic mass is 35.5. The second kappa shape index (κ2) is 6.98. The maximum Gasteiger partial charge on any atom is 0.0541 e. The monoisotopic (exact) mass is 295 g/mol. The minimum absolute atomic E-state index is 0.107. The Labute approximate surface area is 123 Å². The molecule has 1 aromatic heterocycles. The number of hydrogen-bond donors (Lipinski definition) is 1. The van der Waals surface area contributed by atoms with Crippen LogP contribution in [-0.4, -0.2) is 21.6 Å². The average Bonchev–Trinajstić information content (AvgIpc) is 2.85. The number of aryl methyl sites for hydroxylation is 1. The lowest BCUT2D eigenvalue weighted by Crippen LogP contribution is -2.25. The lowest BCUT2D eigenvalue weighted by Gasteiger charge is -2.10. The van der Waals surface area contributed by atoms with Gasteiger partial charge in [-0.25, -0.2) is 0 Å². The molecule has 0 aliphatic carbocycles. The van der Waals surface area contributed by atoms with Gasteiger partial charge in [0.15, 0.2) is 0 Å². The van der Waals surface area contributed by atoms with Crippen molar-refractivity contribution in [3.63, 3.8) is 0 Å². The third-order valence-corrected chi connectivity index (χ3v) is 4.50. The Bertz CT molecular complexity index is 527. The van der Waals surface area contributed by atoms with E-state index in [0.717, 1.165) is 28.6 Å². The van der Waals surface area contributed by atoms with Gasteiger partial charge >= 0.3 is 0 Å². The molecule has 0 saturated carbocycles. The normalized spacial score (nSPS) is 12.6. The molecule has 1 heterocycles. The van der Waals surface area contributed by atoms with E-state index in [9.17, 15) is 0 Å². The molecule has 5 heteroatoms. The first-order valence-electron chi connectivity index (χ1n) is 6.33. The van der Waals surface area contributed by atoms with Gasteiger partial charge in [0.1, 0.15) is 0 Å². The number of halogens is 1. The molecule has 2 aromatic rings. The molecule has 3 nitrogen and oxygen atoms in total. The van der Waals surface area contributed by atoms with Gasteiger partial charge in [-0.1, -0.05) is 23.7 Å². The maximum atomic E-state index is 6.15. The Morgan fingerprint density at radius 2 is 2.21 bits per heavy atom. The highest BCUT2D eigenvalue weighted by Crippen LogP contribution is 2.27. The van der Waals surface area contributed by atoms with E-state index in [4.69, 9.17) is 17.3 Å². The van der Waals surface area contributed by atoms with E-state index >= 15 is 0 Å². The van der Waals surface area contributed by atoms with Crippen molar-refractivity contribution in [3.05, 3.63) is 47.2 Å². The van der Waals surface area contributed by atoms with Crippen LogP contribution in [0.25, 0.3) is 0 Å². The highest BCUT2D eigenvalue weighted by Gasteiger charge is 2.08. The Hall–Kier alpha value is -0.970. The number of hydrogen-bond acceptors (Lipinski definition) is 3. The van der Waals surface area contributed by atoms with Crippen molar-refractivity contribution in [1.82, 2.24) is 9.78 Å². The molecule has 0 spiro atoms. The van der Waals surface area contributed by atoms with Crippen molar-refractivity contribution in [2.75, 3.05) is 5.75 Å². The standard InChI is InChI=1S/C14H18ClN3S/c1-2-18-9-11(8-17-18)7-12(16)10-19-14-6-4-3-5-13(14)15/h3-6,8-9,12H,2,7,10,16H2,1H3. The van der Waals surface area contributed by atoms with Gasteiger partial charge in [0.25, 0.3) is 0 Å². The molecule has 0 radical (unpaired) electrons. The number of benzene rings is 1. The van der Waals surface area contributed by atoms with Crippen LogP contribution in [0, 0.1) is 0 Å². The first-order chi connectivity index (χ1) is 9.19. The van der Waals surface area contributed by atoms with E-state index < -0.39 is 0 Å². The topological polar surface area (TPSA) is 43.8 Å². The van der Waals surface area contributed by atoms with Gasteiger partial charge in [0.05, 0.1) is 11.2 Å². The van der Waals surface area contributed by atoms with Gasteiger partial charge in [-0.3, -0.25) is 4.68 Å². The number of thioether (sulfide) groups is 1. The van der Waals surface area contributed by atoms with Crippen molar-refractivity contribution in [2.45, 2.75) is 30.8 Å². The summed E-state index contributed by atoms with van der Waals surface area (Å²) in [7, 11) is 0. The predicted molar refractivity (Wildman–Crippen MR) is 81.8 cm³/mol. The minimum Gasteiger partial charge on any atom is -0.327 e. The molecule has 1 unspecified atom stereocenters. The Morgan fingerprint density at radius 1 is 1.42 bits per heavy atom. The zero-order chi connectivity index (χ0) is 13.7. The molecular formula is C14H18ClN3S. The molecular weight excluding hydrogens is 278 g/mol. The molecule has 1 aromatic carbocycles. The van der Waals surface area contributed by atoms with Crippen molar-refractivity contribution >= 4 is 23.4 Å². The third-order valence-electron chi connectivity index (χ3n) is 2.80. The molecule has 1 atom stereocenters. The van der Waals surface area contributed by atoms with E-state index in [1.165, 1.54) is 5.56 Å². The lowest BCUT2D eigenvalue weighted by atomic mass is 10.1. The summed E-state index contributed by atoms with van der Waals surface area (Å²) < 4.78 is 1.92. The molecule has 0 fully saturated rings. The van der Waals surface area contributed by atoms with Gasteiger partial charge in [0, 0.05) is 29.4 Å². The summed E-state index contributed by atoms with van der Waals surface area (Å²) in [5, 5.41) is 5.04. The largest absolute Gasteiger partial charge is 0.327 e. The van der Waals surface area contributed by atoms with Crippen LogP contribution in [0.5, 0.6) is 0 Å². The van der Waals surface area contributed by atoms with Crippen LogP contribution < -0.4 is 5.73 Å². The quantitative estimate of drug-likeness (QED) is 0.832. The summed E-state index contributed by atoms with van der Waals surface area (Å²) >= 11 is 7.82. The third kappa shape index (κ3) is 4.27. The molecule has 102 valence electrons. The fourth-order valence-electron chi connectivity index (χ4n) is 1.81. The van der Waals surface area contributed by atoms with Crippen LogP contribution in [0.1, 0.15) is 12.5 Å². The van der Waals surface area contributed by atoms with Crippen molar-refractivity contribution in [2.24, 2.45) is 5.73 Å². The number of aromatic nitrogens is 2. The number of nitrogens with two attached hydrogens (primary N) is 1. The van der Waals surface area contributed by atoms with Crippen molar-refractivity contribution in [3.8, 4) is 0 Å². The molecule has 0 aliphatic rings. The van der Waals surface area contributed by atoms with E-state index in [1.807, 2.05) is 35.1 Å². The molecule has 0 aliphatic heterocycles. The average molecular weight is 296 g/mol. The van der Waals surface area contributed by atoms with Crippen LogP contribution in [-0.2, 0) is 13.0 Å². The first kappa shape index (κ1) is 14.4. The summed E-state index contributed by atoms with van der Waals surface area (Å²) in [6.45, 7) is 2.97. The Kier molecular flexibility index (Phi) is 5.31. The fourth-order valence-corrected chi connectivity index (χ4v) is 3.00. The number of rotatable bonds is 6. The summed E-state index contributed by atoms with van der Waals surface area (Å²) in [6, 6.07) is 7.96. The van der Waals surface area contributed by atoms with E-state index in [-0.39, 0.29) is 6.04 Å². The van der Waals surface area contributed by atoms with Gasteiger partial charge in [0.2, 0.25) is 0 Å². The minimum atomic E-state index is 0.107. The van der Waals surface area contributed by atoms with Crippen LogP contribution in [0.15, 0.2) is 41.6 Å². The smallest absolute Gasteiger partial charge is 0.0541 e. The van der Waals surface area contributed by atoms with Gasteiger partial charge in [-0.05, 0) is 31.0 Å². The zero-order valence-corrected chi connectivity index (χ0v) is 12.5. The summed E-state index contributed by atoms with van der Waals surface area (Å²) in [4.78, 5) is 1.09. The second-order valence-corrected chi connectivity index (χ2v) is 5.88. The molecule has 0 saturated heterocycles. The molecule has 19 heavy (non-hydrogen) atoms. The zero-order valence-electron chi connectivity index (χ0n) is 10.9. The molecule has 2 N–H and O–H groups in total. The van der Waals surface area contributed by atoms with E-state index in [0.29, 0.717) is 0 Å². The lowest BCUT2D eigenvalue weighted by molar-refractivity contribution is 0.658. The summed E-state index contributed by atoms with van der Waals surface area (Å²) in [6.07, 6.45) is 4.79. The van der Waals surface area contributed by atoms with Crippen LogP contribution in [0.4, 0.5) is 0 Å². The highest BCUT2D eigenvalue weighted by molar-refractivity contribution is 7.99. The van der Waals surface area contributed by atoms with Gasteiger partial charge < -0.3 is 5.73 Å². The first-order valence-corrected chi connectivity index (χ1v) is 7.69. The number of nitrogens with zero attached hydrogens (tertiary/aromatic N) is 2. The van der Waals surface area contributed by atoms with Gasteiger partial charge in [-0.15, -0.1) is 11.8 Å². The fraction of sp³-hybridized carbons (Fsp3) is 0.357. The summed E-state index contributed by atoms with van der Waals surface area (Å²) in [5.74, 6) is 0.848. The summed E-state index contributed by atoms with van der Waals surface area (Å²) in [5.41, 5.74) is 7.34. The molecule has 0 amide bonds. The van der Waals surface area contributed by atoms with Crippen molar-refractivity contribution < 1.29 is 0 Å². The van der Waals surface area contributed by atoms with Gasteiger partial charge in [-0.2, -0.15) is 5.10 Å². The molecule has 2 rings (SSSR count). The maximum absolute atomic E-state index is 6.15. The van der Waals surface area contributed by atoms with Crippen molar-refractivity contribution in [1.29, 1.82) is 0 Å². The van der Waals surface area contributed by atoms with Crippen LogP contribution in [0.2, 0.25) is 5.02 Å². The second-order valence-electron chi connectivity index (χ2n) is 4.41. The molecule has 0 bridgehead atoms. The predicted octanol–water partition coefficient (Wildman–Crippen LogP) is 3.22. The van der Waals surface area contributed by atoms with Crippen LogP contribution in [0.3, 0.4) is 0 Å². The SMILES string of the molecule is CCn1cc(CC(N)CSc2ccccc2Cl)cn1. The Morgan fingerprint density at radius 3 is 2.89 bits per heavy atom. The van der Waals surface area contributed by atoms with E-state index in [1.54, 1.807) is 11.8 Å². The van der Waals surface area contributed by atoms with E-state index in [2.05, 4.69) is 18.2 Å². The van der Waals surface area contributed by atoms with Crippen LogP contribution >= 0.6 is 23.4 Å². The Balaban J connectivity index is 1.84.